The van der Waals surface area contributed by atoms with E-state index in [0.717, 1.165) is 108 Å². The zero-order chi connectivity index (χ0) is 71.7. The number of aromatic amines is 4. The Morgan fingerprint density at radius 1 is 0.519 bits per heavy atom. The van der Waals surface area contributed by atoms with Gasteiger partial charge >= 0.3 is 0 Å². The number of aromatic nitrogens is 13. The summed E-state index contributed by atoms with van der Waals surface area (Å²) >= 11 is 0. The average Bonchev–Trinajstić information content (AvgIpc) is 1.63. The number of carbonyl (C=O) groups is 2. The second kappa shape index (κ2) is 27.9. The third kappa shape index (κ3) is 14.6. The van der Waals surface area contributed by atoms with Crippen LogP contribution in [0.15, 0.2) is 183 Å². The van der Waals surface area contributed by atoms with Gasteiger partial charge < -0.3 is 63.8 Å². The van der Waals surface area contributed by atoms with Gasteiger partial charge in [0.15, 0.2) is 40.3 Å². The van der Waals surface area contributed by atoms with Gasteiger partial charge in [-0.05, 0) is 97.8 Å². The lowest BCUT2D eigenvalue weighted by molar-refractivity contribution is -0.123. The number of anilines is 10. The van der Waals surface area contributed by atoms with Gasteiger partial charge in [0.1, 0.15) is 70.0 Å². The highest BCUT2D eigenvalue weighted by molar-refractivity contribution is 6.05. The molecule has 1 aliphatic heterocycles. The topological polar surface area (TPSA) is 366 Å². The molecule has 2 unspecified atom stereocenters. The fraction of sp³-hybridized carbons (Fsp3) is 0.230. The molecule has 1 saturated carbocycles. The summed E-state index contributed by atoms with van der Waals surface area (Å²) in [5.74, 6) is 0.413. The Bertz CT molecular complexity index is 5590. The van der Waals surface area contributed by atoms with Crippen molar-refractivity contribution in [3.05, 3.63) is 165 Å². The summed E-state index contributed by atoms with van der Waals surface area (Å²) in [5, 5.41) is 50.7. The number of fused-ring (bicyclic) bond motifs is 8. The van der Waals surface area contributed by atoms with Crippen LogP contribution in [-0.4, -0.2) is 109 Å². The van der Waals surface area contributed by atoms with Crippen molar-refractivity contribution in [2.24, 2.45) is 16.7 Å². The molecule has 528 valence electrons. The van der Waals surface area contributed by atoms with Crippen molar-refractivity contribution in [3.63, 3.8) is 0 Å². The summed E-state index contributed by atoms with van der Waals surface area (Å²) in [5.41, 5.74) is 12.4. The quantitative estimate of drug-likeness (QED) is 0.0456. The maximum Gasteiger partial charge on any atom is 0.255 e. The lowest BCUT2D eigenvalue weighted by Crippen LogP contribution is -2.27. The molecular formula is C74H69F2N19O9. The van der Waals surface area contributed by atoms with Gasteiger partial charge in [0, 0.05) is 113 Å². The monoisotopic (exact) mass is 1410 g/mol. The predicted molar refractivity (Wildman–Crippen MR) is 391 cm³/mol. The number of pyridine rings is 3. The number of halogens is 2. The second-order valence-electron chi connectivity index (χ2n) is 26.9. The Hall–Kier alpha value is -13.0. The largest absolute Gasteiger partial charge is 0.489 e. The molecule has 28 nitrogen and oxygen atoms in total. The van der Waals surface area contributed by atoms with Crippen LogP contribution in [0.5, 0.6) is 11.5 Å². The zero-order valence-corrected chi connectivity index (χ0v) is 56.9. The van der Waals surface area contributed by atoms with E-state index in [1.54, 1.807) is 55.8 Å². The first-order valence-electron chi connectivity index (χ1n) is 33.3. The normalized spacial score (nSPS) is 14.9. The van der Waals surface area contributed by atoms with Gasteiger partial charge in [0.2, 0.25) is 17.5 Å². The van der Waals surface area contributed by atoms with E-state index in [1.165, 1.54) is 6.26 Å². The van der Waals surface area contributed by atoms with E-state index >= 15 is 0 Å². The van der Waals surface area contributed by atoms with Gasteiger partial charge in [-0.2, -0.15) is 20.4 Å². The minimum Gasteiger partial charge on any atom is -0.489 e. The Morgan fingerprint density at radius 2 is 0.952 bits per heavy atom. The van der Waals surface area contributed by atoms with E-state index in [-0.39, 0.29) is 30.9 Å². The van der Waals surface area contributed by atoms with Crippen LogP contribution in [0.4, 0.5) is 66.2 Å². The highest BCUT2D eigenvalue weighted by Crippen LogP contribution is 2.49. The number of amides is 2. The molecule has 30 heteroatoms. The van der Waals surface area contributed by atoms with Crippen LogP contribution in [-0.2, 0) is 14.3 Å². The lowest BCUT2D eigenvalue weighted by Gasteiger charge is -2.22. The predicted octanol–water partition coefficient (Wildman–Crippen LogP) is 16.7. The van der Waals surface area contributed by atoms with Crippen molar-refractivity contribution in [2.75, 3.05) is 51.7 Å². The maximum atomic E-state index is 13.0. The van der Waals surface area contributed by atoms with Gasteiger partial charge in [-0.1, -0.05) is 41.5 Å². The Morgan fingerprint density at radius 3 is 1.42 bits per heavy atom. The van der Waals surface area contributed by atoms with Crippen LogP contribution in [0.25, 0.3) is 88.1 Å². The van der Waals surface area contributed by atoms with Crippen LogP contribution in [0.1, 0.15) is 60.8 Å². The molecule has 13 heterocycles. The standard InChI is InChI=1S/C19H19N5O2.C19H18N4O3.C18H14F2N4O2.C18H18N6O2/c1-19(2,3)18(25)22-14-10-26-15-9-11(6-7-12(14)15)21-17-16-13(23-24-17)5-4-8-20-16;1-4-15-18(20-7-1)19(23-22-15)21-12-5-6-14-16(9-12)25-11-17(14)26-13-3-2-8-24-10-13;19-18(20)7-10(18)8-25-15-9-26-14-6-11(3-4-12(14)15)22-17-16-13(23-24-17)2-1-5-21-16;1-18(2,3)17(25)22-12-9-26-13-8-10(4-5-11(12)13)21-16-14-15(23-24-16)20-7-6-19-14/h4-10H,1-3H3,(H,22,25)(H2,21,23,24);1,4-7,9,11,13H,2-3,8,10H2,(H2,21,22,23);1-6,9-10H,7-8H2,(H2,22,23,24);4-9H,1-3H3,(H,22,25)(H2,20,21,23,24). The summed E-state index contributed by atoms with van der Waals surface area (Å²) < 4.78 is 65.3. The first-order chi connectivity index (χ1) is 50.3. The van der Waals surface area contributed by atoms with E-state index in [1.807, 2.05) is 145 Å². The van der Waals surface area contributed by atoms with Gasteiger partial charge in [0.25, 0.3) is 5.92 Å². The summed E-state index contributed by atoms with van der Waals surface area (Å²) in [7, 11) is 0. The molecule has 0 radical (unpaired) electrons. The summed E-state index contributed by atoms with van der Waals surface area (Å²) in [4.78, 5) is 45.8. The number of rotatable bonds is 15. The van der Waals surface area contributed by atoms with Crippen LogP contribution in [0, 0.1) is 16.7 Å². The molecule has 2 aliphatic rings. The van der Waals surface area contributed by atoms with Crippen LogP contribution >= 0.6 is 0 Å². The fourth-order valence-electron chi connectivity index (χ4n) is 11.2. The molecule has 4 aromatic carbocycles. The van der Waals surface area contributed by atoms with Crippen molar-refractivity contribution in [1.82, 2.24) is 65.7 Å². The lowest BCUT2D eigenvalue weighted by atomic mass is 9.95. The van der Waals surface area contributed by atoms with Crippen LogP contribution in [0.2, 0.25) is 0 Å². The molecule has 2 amide bonds. The number of H-pyrrole nitrogens is 4. The van der Waals surface area contributed by atoms with Crippen molar-refractivity contribution in [3.8, 4) is 11.5 Å². The SMILES string of the molecule is CC(C)(C)C(=O)Nc1coc2cc(Nc3[nH]nc4nccnc34)ccc12.CC(C)(C)C(=O)Nc1coc2cc(Nc3n[nH]c4cccnc34)ccc12.FC1(F)CC1COc1coc2cc(Nc3n[nH]c4cccnc34)ccc12.c1cnc2c(Nc3ccc4c(OC5CCCOC5)coc4c3)n[nH]c2c1. The summed E-state index contributed by atoms with van der Waals surface area (Å²) in [6.45, 7) is 12.6. The highest BCUT2D eigenvalue weighted by Gasteiger charge is 2.57. The number of hydrogen-bond acceptors (Lipinski definition) is 22. The number of ether oxygens (including phenoxy) is 3. The number of hydrogen-bond donors (Lipinski definition) is 10. The second-order valence-corrected chi connectivity index (χ2v) is 26.9. The van der Waals surface area contributed by atoms with Crippen LogP contribution in [0.3, 0.4) is 0 Å². The minimum absolute atomic E-state index is 0.00738. The van der Waals surface area contributed by atoms with E-state index in [9.17, 15) is 18.4 Å². The number of benzene rings is 4. The summed E-state index contributed by atoms with van der Waals surface area (Å²) in [6.07, 6.45) is 16.6. The van der Waals surface area contributed by atoms with E-state index in [2.05, 4.69) is 97.6 Å². The molecule has 0 bridgehead atoms. The van der Waals surface area contributed by atoms with Gasteiger partial charge in [-0.15, -0.1) is 0 Å². The first-order valence-corrected chi connectivity index (χ1v) is 33.3. The molecule has 2 atom stereocenters. The van der Waals surface area contributed by atoms with Crippen molar-refractivity contribution < 1.29 is 50.2 Å². The molecule has 1 saturated heterocycles. The molecule has 1 aliphatic carbocycles. The number of nitrogens with one attached hydrogen (secondary N) is 10. The van der Waals surface area contributed by atoms with E-state index in [0.29, 0.717) is 74.9 Å². The van der Waals surface area contributed by atoms with Gasteiger partial charge in [0.05, 0.1) is 57.8 Å². The molecule has 104 heavy (non-hydrogen) atoms. The molecule has 2 fully saturated rings. The minimum atomic E-state index is -2.59. The van der Waals surface area contributed by atoms with Crippen LogP contribution < -0.4 is 41.4 Å². The Balaban J connectivity index is 0.000000112. The number of nitrogens with zero attached hydrogens (tertiary/aromatic N) is 9. The smallest absolute Gasteiger partial charge is 0.255 e. The highest BCUT2D eigenvalue weighted by atomic mass is 19.3. The number of furan rings is 4. The third-order valence-electron chi connectivity index (χ3n) is 17.1. The molecule has 16 aromatic rings. The van der Waals surface area contributed by atoms with Crippen molar-refractivity contribution in [2.45, 2.75) is 72.8 Å². The molecule has 0 spiro atoms. The zero-order valence-electron chi connectivity index (χ0n) is 56.9. The molecule has 12 aromatic heterocycles. The third-order valence-corrected chi connectivity index (χ3v) is 17.1. The maximum absolute atomic E-state index is 13.0. The number of alkyl halides is 2. The van der Waals surface area contributed by atoms with Gasteiger partial charge in [-0.3, -0.25) is 44.9 Å². The number of carbonyl (C=O) groups excluding carboxylic acids is 2. The molecule has 10 N–H and O–H groups in total. The van der Waals surface area contributed by atoms with Crippen molar-refractivity contribution >= 4 is 157 Å². The van der Waals surface area contributed by atoms with E-state index in [4.69, 9.17) is 31.9 Å². The summed E-state index contributed by atoms with van der Waals surface area (Å²) in [6, 6.07) is 34.0. The molecule has 18 rings (SSSR count). The Kier molecular flexibility index (Phi) is 17.9. The Labute approximate surface area is 588 Å². The van der Waals surface area contributed by atoms with Gasteiger partial charge in [-0.25, -0.2) is 18.7 Å². The van der Waals surface area contributed by atoms with E-state index < -0.39 is 22.7 Å². The molecular weight excluding hydrogens is 1340 g/mol. The fourth-order valence-corrected chi connectivity index (χ4v) is 11.2. The van der Waals surface area contributed by atoms with Crippen molar-refractivity contribution in [1.29, 1.82) is 0 Å². The first kappa shape index (κ1) is 66.9. The average molecular weight is 1410 g/mol.